The molecule has 6 rings (SSSR count). The van der Waals surface area contributed by atoms with Crippen LogP contribution in [0.25, 0.3) is 0 Å². The van der Waals surface area contributed by atoms with Crippen molar-refractivity contribution in [2.45, 2.75) is 42.2 Å². The maximum atomic E-state index is 13.2. The van der Waals surface area contributed by atoms with Gasteiger partial charge in [-0.1, -0.05) is 6.07 Å². The lowest BCUT2D eigenvalue weighted by molar-refractivity contribution is -0.182. The third kappa shape index (κ3) is 3.71. The highest BCUT2D eigenvalue weighted by molar-refractivity contribution is 7.90. The number of nitrogens with zero attached hydrogens (tertiary/aromatic N) is 2. The molecule has 2 saturated heterocycles. The van der Waals surface area contributed by atoms with Crippen LogP contribution in [0.5, 0.6) is 0 Å². The lowest BCUT2D eigenvalue weighted by Gasteiger charge is -2.71. The summed E-state index contributed by atoms with van der Waals surface area (Å²) in [6.45, 7) is 1.31. The molecular formula is C23H26F3N3O5S. The van der Waals surface area contributed by atoms with Crippen LogP contribution in [-0.4, -0.2) is 68.4 Å². The minimum Gasteiger partial charge on any atom is -0.369 e. The zero-order chi connectivity index (χ0) is 25.6. The van der Waals surface area contributed by atoms with Crippen LogP contribution in [0.15, 0.2) is 23.1 Å². The number of carbonyl (C=O) groups is 3. The van der Waals surface area contributed by atoms with Crippen LogP contribution in [0.3, 0.4) is 0 Å². The lowest BCUT2D eigenvalue weighted by atomic mass is 9.31. The average molecular weight is 514 g/mol. The van der Waals surface area contributed by atoms with E-state index in [2.05, 4.69) is 0 Å². The van der Waals surface area contributed by atoms with Gasteiger partial charge in [0.05, 0.1) is 22.3 Å². The molecular weight excluding hydrogens is 487 g/mol. The highest BCUT2D eigenvalue weighted by Crippen LogP contribution is 2.75. The lowest BCUT2D eigenvalue weighted by Crippen LogP contribution is -2.71. The largest absolute Gasteiger partial charge is 0.416 e. The summed E-state index contributed by atoms with van der Waals surface area (Å²) in [7, 11) is -3.90. The maximum Gasteiger partial charge on any atom is 0.416 e. The van der Waals surface area contributed by atoms with Gasteiger partial charge in [0.25, 0.3) is 0 Å². The summed E-state index contributed by atoms with van der Waals surface area (Å²) in [4.78, 5) is 39.9. The van der Waals surface area contributed by atoms with Gasteiger partial charge in [0.2, 0.25) is 5.91 Å². The molecule has 8 nitrogen and oxygen atoms in total. The van der Waals surface area contributed by atoms with E-state index in [-0.39, 0.29) is 35.1 Å². The molecule has 3 saturated carbocycles. The van der Waals surface area contributed by atoms with Crippen LogP contribution in [-0.2, 0) is 31.0 Å². The van der Waals surface area contributed by atoms with Crippen LogP contribution in [0.4, 0.5) is 18.0 Å². The van der Waals surface area contributed by atoms with Gasteiger partial charge in [0, 0.05) is 37.8 Å². The van der Waals surface area contributed by atoms with E-state index < -0.39 is 38.3 Å². The van der Waals surface area contributed by atoms with Crippen molar-refractivity contribution in [3.8, 4) is 0 Å². The fourth-order valence-corrected chi connectivity index (χ4v) is 7.40. The van der Waals surface area contributed by atoms with Gasteiger partial charge < -0.3 is 15.5 Å². The number of Topliss-reactive ketones (excluding diaryl/α,β-unsaturated/α-hetero) is 1. The van der Waals surface area contributed by atoms with Gasteiger partial charge in [0.1, 0.15) is 5.78 Å². The first-order chi connectivity index (χ1) is 16.2. The summed E-state index contributed by atoms with van der Waals surface area (Å²) < 4.78 is 64.0. The molecule has 12 heteroatoms. The first-order valence-electron chi connectivity index (χ1n) is 11.4. The first-order valence-corrected chi connectivity index (χ1v) is 13.3. The van der Waals surface area contributed by atoms with Gasteiger partial charge in [-0.05, 0) is 48.8 Å². The molecule has 35 heavy (non-hydrogen) atoms. The Morgan fingerprint density at radius 2 is 1.63 bits per heavy atom. The van der Waals surface area contributed by atoms with E-state index in [1.165, 1.54) is 6.07 Å². The fraction of sp³-hybridized carbons (Fsp3) is 0.609. The number of amides is 3. The molecule has 0 unspecified atom stereocenters. The van der Waals surface area contributed by atoms with Gasteiger partial charge in [-0.2, -0.15) is 13.2 Å². The normalized spacial score (nSPS) is 30.3. The average Bonchev–Trinajstić information content (AvgIpc) is 3.13. The van der Waals surface area contributed by atoms with Crippen LogP contribution in [0.2, 0.25) is 0 Å². The van der Waals surface area contributed by atoms with Gasteiger partial charge >= 0.3 is 12.2 Å². The van der Waals surface area contributed by atoms with Gasteiger partial charge in [0.15, 0.2) is 9.84 Å². The summed E-state index contributed by atoms with van der Waals surface area (Å²) in [5.41, 5.74) is 3.45. The molecule has 2 heterocycles. The van der Waals surface area contributed by atoms with Crippen molar-refractivity contribution < 1.29 is 36.0 Å². The van der Waals surface area contributed by atoms with Crippen molar-refractivity contribution in [1.29, 1.82) is 0 Å². The zero-order valence-electron chi connectivity index (χ0n) is 19.1. The maximum absolute atomic E-state index is 13.2. The summed E-state index contributed by atoms with van der Waals surface area (Å²) in [5.74, 6) is -1.06. The Morgan fingerprint density at radius 1 is 1.03 bits per heavy atom. The Labute approximate surface area is 200 Å². The molecule has 2 aliphatic heterocycles. The first kappa shape index (κ1) is 24.1. The Morgan fingerprint density at radius 3 is 2.14 bits per heavy atom. The third-order valence-corrected chi connectivity index (χ3v) is 9.35. The van der Waals surface area contributed by atoms with Crippen molar-refractivity contribution in [2.24, 2.45) is 23.0 Å². The SMILES string of the molecule is CS(=O)(=O)c1cc(C(F)(F)F)ccc1C12CC(C(=O)C3CN(C(=O)N4CC[C@H](C(N)=O)C4)C3)(C1)C2. The Kier molecular flexibility index (Phi) is 5.12. The Hall–Kier alpha value is -2.63. The number of urea groups is 1. The minimum absolute atomic E-state index is 0.0349. The molecule has 2 bridgehead atoms. The number of ketones is 1. The number of hydrogen-bond donors (Lipinski definition) is 1. The number of hydrogen-bond acceptors (Lipinski definition) is 5. The van der Waals surface area contributed by atoms with Crippen LogP contribution in [0, 0.1) is 17.3 Å². The fourth-order valence-electron chi connectivity index (χ4n) is 6.38. The van der Waals surface area contributed by atoms with E-state index in [0.29, 0.717) is 56.9 Å². The summed E-state index contributed by atoms with van der Waals surface area (Å²) >= 11 is 0. The van der Waals surface area contributed by atoms with Crippen LogP contribution >= 0.6 is 0 Å². The van der Waals surface area contributed by atoms with Gasteiger partial charge in [-0.25, -0.2) is 13.2 Å². The topological polar surface area (TPSA) is 118 Å². The number of alkyl halides is 3. The molecule has 2 N–H and O–H groups in total. The summed E-state index contributed by atoms with van der Waals surface area (Å²) in [6, 6.07) is 2.62. The van der Waals surface area contributed by atoms with E-state index in [0.717, 1.165) is 12.3 Å². The van der Waals surface area contributed by atoms with Crippen molar-refractivity contribution in [3.63, 3.8) is 0 Å². The van der Waals surface area contributed by atoms with Crippen molar-refractivity contribution in [2.75, 3.05) is 32.4 Å². The molecule has 1 atom stereocenters. The molecule has 0 radical (unpaired) electrons. The number of halogens is 3. The highest BCUT2D eigenvalue weighted by Gasteiger charge is 2.73. The monoisotopic (exact) mass is 513 g/mol. The summed E-state index contributed by atoms with van der Waals surface area (Å²) in [5, 5.41) is 0. The second-order valence-corrected chi connectivity index (χ2v) is 12.6. The molecule has 190 valence electrons. The van der Waals surface area contributed by atoms with Crippen molar-refractivity contribution in [3.05, 3.63) is 29.3 Å². The number of sulfone groups is 1. The number of carbonyl (C=O) groups excluding carboxylic acids is 3. The van der Waals surface area contributed by atoms with E-state index >= 15 is 0 Å². The molecule has 0 spiro atoms. The number of rotatable bonds is 5. The van der Waals surface area contributed by atoms with Gasteiger partial charge in [-0.15, -0.1) is 0 Å². The van der Waals surface area contributed by atoms with E-state index in [4.69, 9.17) is 5.73 Å². The predicted octanol–water partition coefficient (Wildman–Crippen LogP) is 1.96. The predicted molar refractivity (Wildman–Crippen MR) is 117 cm³/mol. The number of benzene rings is 1. The zero-order valence-corrected chi connectivity index (χ0v) is 19.9. The molecule has 0 aromatic heterocycles. The second kappa shape index (κ2) is 7.44. The van der Waals surface area contributed by atoms with E-state index in [9.17, 15) is 36.0 Å². The van der Waals surface area contributed by atoms with Gasteiger partial charge in [-0.3, -0.25) is 9.59 Å². The number of primary amides is 1. The molecule has 3 aliphatic carbocycles. The Balaban J connectivity index is 1.22. The number of nitrogens with two attached hydrogens (primary N) is 1. The quantitative estimate of drug-likeness (QED) is 0.646. The second-order valence-electron chi connectivity index (χ2n) is 10.7. The van der Waals surface area contributed by atoms with E-state index in [1.54, 1.807) is 9.80 Å². The third-order valence-electron chi connectivity index (χ3n) is 8.22. The van der Waals surface area contributed by atoms with E-state index in [1.807, 2.05) is 0 Å². The standard InChI is InChI=1S/C23H26F3N3O5S/c1-35(33,34)17-6-15(23(24,25)26)2-3-16(17)21-10-22(11-21,12-21)18(30)14-8-29(9-14)20(32)28-5-4-13(7-28)19(27)31/h2-3,6,13-14H,4-5,7-12H2,1H3,(H2,27,31)/t13-,21?,22?/m0/s1. The smallest absolute Gasteiger partial charge is 0.369 e. The Bertz CT molecular complexity index is 1220. The molecule has 5 fully saturated rings. The van der Waals surface area contributed by atoms with Crippen molar-refractivity contribution >= 4 is 27.6 Å². The minimum atomic E-state index is -4.65. The number of likely N-dealkylation sites (tertiary alicyclic amines) is 2. The van der Waals surface area contributed by atoms with Crippen LogP contribution < -0.4 is 5.73 Å². The highest BCUT2D eigenvalue weighted by atomic mass is 32.2. The van der Waals surface area contributed by atoms with Crippen molar-refractivity contribution in [1.82, 2.24) is 9.80 Å². The molecule has 1 aromatic rings. The van der Waals surface area contributed by atoms with Crippen LogP contribution in [0.1, 0.15) is 36.8 Å². The molecule has 1 aromatic carbocycles. The molecule has 5 aliphatic rings. The summed E-state index contributed by atoms with van der Waals surface area (Å²) in [6.07, 6.45) is -2.01. The molecule has 3 amide bonds.